The van der Waals surface area contributed by atoms with Crippen molar-refractivity contribution in [2.45, 2.75) is 19.6 Å². The first kappa shape index (κ1) is 11.8. The number of nitrogens with zero attached hydrogens (tertiary/aromatic N) is 2. The van der Waals surface area contributed by atoms with E-state index in [0.717, 1.165) is 9.21 Å². The maximum Gasteiger partial charge on any atom is 0.195 e. The second kappa shape index (κ2) is 4.67. The van der Waals surface area contributed by atoms with Gasteiger partial charge in [-0.25, -0.2) is 0 Å². The lowest BCUT2D eigenvalue weighted by molar-refractivity contribution is 0.263. The van der Waals surface area contributed by atoms with Crippen molar-refractivity contribution in [3.05, 3.63) is 31.9 Å². The molecule has 0 amide bonds. The van der Waals surface area contributed by atoms with E-state index in [9.17, 15) is 0 Å². The Balaban J connectivity index is 2.44. The number of hydrogen-bond acceptors (Lipinski definition) is 4. The van der Waals surface area contributed by atoms with Crippen molar-refractivity contribution in [2.24, 2.45) is 0 Å². The monoisotopic (exact) mass is 275 g/mol. The van der Waals surface area contributed by atoms with Gasteiger partial charge >= 0.3 is 0 Å². The molecule has 0 saturated carbocycles. The molecular weight excluding hydrogens is 266 g/mol. The Morgan fingerprint density at radius 1 is 1.69 bits per heavy atom. The van der Waals surface area contributed by atoms with Crippen LogP contribution in [0.3, 0.4) is 0 Å². The minimum Gasteiger partial charge on any atom is -0.388 e. The van der Waals surface area contributed by atoms with Crippen molar-refractivity contribution in [3.63, 3.8) is 0 Å². The van der Waals surface area contributed by atoms with Gasteiger partial charge in [-0.2, -0.15) is 5.10 Å². The lowest BCUT2D eigenvalue weighted by Crippen LogP contribution is -2.09. The molecule has 86 valence electrons. The highest BCUT2D eigenvalue weighted by Gasteiger charge is 2.15. The number of halogens is 1. The quantitative estimate of drug-likeness (QED) is 0.847. The Kier molecular flexibility index (Phi) is 3.44. The molecule has 2 aromatic rings. The normalized spacial score (nSPS) is 12.9. The van der Waals surface area contributed by atoms with E-state index in [1.807, 2.05) is 19.1 Å². The van der Waals surface area contributed by atoms with Gasteiger partial charge in [0.25, 0.3) is 0 Å². The summed E-state index contributed by atoms with van der Waals surface area (Å²) in [5.41, 5.74) is 0. The van der Waals surface area contributed by atoms with Gasteiger partial charge in [0, 0.05) is 4.88 Å². The third-order valence-electron chi connectivity index (χ3n) is 2.31. The smallest absolute Gasteiger partial charge is 0.195 e. The lowest BCUT2D eigenvalue weighted by atomic mass is 10.2. The van der Waals surface area contributed by atoms with Gasteiger partial charge in [0.1, 0.15) is 6.61 Å². The van der Waals surface area contributed by atoms with Crippen LogP contribution in [-0.4, -0.2) is 19.9 Å². The molecule has 2 aromatic heterocycles. The van der Waals surface area contributed by atoms with Crippen LogP contribution in [0, 0.1) is 4.77 Å². The van der Waals surface area contributed by atoms with E-state index in [1.165, 1.54) is 11.3 Å². The standard InChI is InChI=1S/C9H10ClN3OS2/c1-5(6-2-3-7(10)16-6)13-8(4-14)11-12-9(13)15/h2-3,5,14H,4H2,1H3,(H,12,15). The molecule has 16 heavy (non-hydrogen) atoms. The number of aliphatic hydroxyl groups excluding tert-OH is 1. The van der Waals surface area contributed by atoms with Crippen molar-refractivity contribution in [3.8, 4) is 0 Å². The molecule has 1 unspecified atom stereocenters. The first-order valence-corrected chi connectivity index (χ1v) is 6.25. The third kappa shape index (κ3) is 2.06. The fraction of sp³-hybridized carbons (Fsp3) is 0.333. The van der Waals surface area contributed by atoms with Gasteiger partial charge in [0.05, 0.1) is 10.4 Å². The Labute approximate surface area is 107 Å². The molecule has 0 saturated heterocycles. The molecule has 1 atom stereocenters. The summed E-state index contributed by atoms with van der Waals surface area (Å²) in [6, 6.07) is 3.82. The van der Waals surface area contributed by atoms with Crippen LogP contribution in [0.1, 0.15) is 23.7 Å². The molecule has 0 aliphatic rings. The number of aromatic amines is 1. The maximum absolute atomic E-state index is 9.16. The lowest BCUT2D eigenvalue weighted by Gasteiger charge is -2.12. The van der Waals surface area contributed by atoms with E-state index in [4.69, 9.17) is 28.9 Å². The predicted octanol–water partition coefficient (Wildman–Crippen LogP) is 2.76. The van der Waals surface area contributed by atoms with E-state index in [0.29, 0.717) is 10.6 Å². The number of H-pyrrole nitrogens is 1. The van der Waals surface area contributed by atoms with Crippen molar-refractivity contribution in [1.82, 2.24) is 14.8 Å². The molecule has 0 aliphatic carbocycles. The third-order valence-corrected chi connectivity index (χ3v) is 4.00. The Morgan fingerprint density at radius 3 is 3.00 bits per heavy atom. The van der Waals surface area contributed by atoms with E-state index < -0.39 is 0 Å². The number of thiophene rings is 1. The summed E-state index contributed by atoms with van der Waals surface area (Å²) < 4.78 is 3.03. The van der Waals surface area contributed by atoms with Crippen LogP contribution in [0.25, 0.3) is 0 Å². The molecule has 0 bridgehead atoms. The Morgan fingerprint density at radius 2 is 2.44 bits per heavy atom. The summed E-state index contributed by atoms with van der Waals surface area (Å²) in [7, 11) is 0. The molecule has 0 aliphatic heterocycles. The zero-order chi connectivity index (χ0) is 11.7. The van der Waals surface area contributed by atoms with Gasteiger partial charge in [0.2, 0.25) is 0 Å². The first-order chi connectivity index (χ1) is 7.63. The van der Waals surface area contributed by atoms with Crippen LogP contribution >= 0.6 is 35.2 Å². The molecule has 2 N–H and O–H groups in total. The number of nitrogens with one attached hydrogen (secondary N) is 1. The largest absolute Gasteiger partial charge is 0.388 e. The average Bonchev–Trinajstić information content (AvgIpc) is 2.83. The average molecular weight is 276 g/mol. The summed E-state index contributed by atoms with van der Waals surface area (Å²) >= 11 is 12.5. The fourth-order valence-corrected chi connectivity index (χ4v) is 2.94. The van der Waals surface area contributed by atoms with Gasteiger partial charge < -0.3 is 5.11 Å². The van der Waals surface area contributed by atoms with Crippen LogP contribution in [0.4, 0.5) is 0 Å². The summed E-state index contributed by atoms with van der Waals surface area (Å²) in [5.74, 6) is 0.530. The SMILES string of the molecule is CC(c1ccc(Cl)s1)n1c(CO)n[nH]c1=S. The number of aromatic nitrogens is 3. The highest BCUT2D eigenvalue weighted by atomic mass is 35.5. The van der Waals surface area contributed by atoms with Crippen LogP contribution in [0.5, 0.6) is 0 Å². The van der Waals surface area contributed by atoms with Crippen molar-refractivity contribution < 1.29 is 5.11 Å². The van der Waals surface area contributed by atoms with Gasteiger partial charge in [-0.05, 0) is 31.3 Å². The molecule has 4 nitrogen and oxygen atoms in total. The highest BCUT2D eigenvalue weighted by molar-refractivity contribution is 7.71. The van der Waals surface area contributed by atoms with Gasteiger partial charge in [-0.3, -0.25) is 9.67 Å². The van der Waals surface area contributed by atoms with Gasteiger partial charge in [-0.1, -0.05) is 11.6 Å². The number of rotatable bonds is 3. The fourth-order valence-electron chi connectivity index (χ4n) is 1.53. The zero-order valence-electron chi connectivity index (χ0n) is 8.48. The minimum absolute atomic E-state index is 0.0194. The number of aliphatic hydroxyl groups is 1. The summed E-state index contributed by atoms with van der Waals surface area (Å²) in [5, 5.41) is 15.8. The van der Waals surface area contributed by atoms with Crippen LogP contribution in [-0.2, 0) is 6.61 Å². The van der Waals surface area contributed by atoms with Crippen LogP contribution < -0.4 is 0 Å². The van der Waals surface area contributed by atoms with Crippen LogP contribution in [0.2, 0.25) is 4.34 Å². The van der Waals surface area contributed by atoms with Gasteiger partial charge in [0.15, 0.2) is 10.6 Å². The molecule has 2 rings (SSSR count). The molecule has 7 heteroatoms. The van der Waals surface area contributed by atoms with Crippen molar-refractivity contribution in [1.29, 1.82) is 0 Å². The molecule has 0 fully saturated rings. The van der Waals surface area contributed by atoms with E-state index in [-0.39, 0.29) is 12.6 Å². The molecular formula is C9H10ClN3OS2. The van der Waals surface area contributed by atoms with E-state index in [2.05, 4.69) is 10.2 Å². The second-order valence-corrected chi connectivity index (χ2v) is 5.42. The second-order valence-electron chi connectivity index (χ2n) is 3.29. The van der Waals surface area contributed by atoms with E-state index in [1.54, 1.807) is 4.57 Å². The van der Waals surface area contributed by atoms with E-state index >= 15 is 0 Å². The minimum atomic E-state index is -0.142. The Hall–Kier alpha value is -0.690. The molecule has 0 aromatic carbocycles. The zero-order valence-corrected chi connectivity index (χ0v) is 10.9. The first-order valence-electron chi connectivity index (χ1n) is 4.65. The topological polar surface area (TPSA) is 53.8 Å². The molecule has 2 heterocycles. The summed E-state index contributed by atoms with van der Waals surface area (Å²) in [4.78, 5) is 1.08. The molecule has 0 radical (unpaired) electrons. The van der Waals surface area contributed by atoms with Crippen molar-refractivity contribution in [2.75, 3.05) is 0 Å². The Bertz CT molecular complexity index is 545. The highest BCUT2D eigenvalue weighted by Crippen LogP contribution is 2.29. The number of hydrogen-bond donors (Lipinski definition) is 2. The van der Waals surface area contributed by atoms with Crippen molar-refractivity contribution >= 4 is 35.2 Å². The molecule has 0 spiro atoms. The van der Waals surface area contributed by atoms with Crippen LogP contribution in [0.15, 0.2) is 12.1 Å². The summed E-state index contributed by atoms with van der Waals surface area (Å²) in [6.07, 6.45) is 0. The predicted molar refractivity (Wildman–Crippen MR) is 66.5 cm³/mol. The maximum atomic E-state index is 9.16. The summed E-state index contributed by atoms with van der Waals surface area (Å²) in [6.45, 7) is 1.85. The van der Waals surface area contributed by atoms with Gasteiger partial charge in [-0.15, -0.1) is 11.3 Å².